The van der Waals surface area contributed by atoms with E-state index in [2.05, 4.69) is 35.1 Å². The van der Waals surface area contributed by atoms with E-state index in [0.29, 0.717) is 5.69 Å². The van der Waals surface area contributed by atoms with E-state index < -0.39 is 28.5 Å². The first kappa shape index (κ1) is 29.4. The van der Waals surface area contributed by atoms with Gasteiger partial charge in [-0.05, 0) is 46.9 Å². The summed E-state index contributed by atoms with van der Waals surface area (Å²) in [6.45, 7) is 3.81. The molecule has 2 amide bonds. The van der Waals surface area contributed by atoms with Gasteiger partial charge in [-0.15, -0.1) is 0 Å². The van der Waals surface area contributed by atoms with Gasteiger partial charge in [-0.1, -0.05) is 84.4 Å². The topological polar surface area (TPSA) is 86.8 Å². The molecule has 0 radical (unpaired) electrons. The van der Waals surface area contributed by atoms with Gasteiger partial charge in [0.05, 0.1) is 11.9 Å². The second kappa shape index (κ2) is 13.1. The number of halogens is 1. The number of hydrogen-bond donors (Lipinski definition) is 1. The molecule has 7 nitrogen and oxygen atoms in total. The van der Waals surface area contributed by atoms with E-state index in [1.54, 1.807) is 12.1 Å². The molecule has 0 fully saturated rings. The second-order valence-electron chi connectivity index (χ2n) is 9.49. The van der Waals surface area contributed by atoms with E-state index in [9.17, 15) is 18.0 Å². The molecule has 3 rings (SSSR count). The zero-order valence-corrected chi connectivity index (χ0v) is 24.5. The molecule has 0 unspecified atom stereocenters. The van der Waals surface area contributed by atoms with Crippen LogP contribution in [0.2, 0.25) is 0 Å². The summed E-state index contributed by atoms with van der Waals surface area (Å²) >= 11 is 3.47. The minimum Gasteiger partial charge on any atom is -0.357 e. The maximum atomic E-state index is 13.9. The first-order chi connectivity index (χ1) is 18.0. The van der Waals surface area contributed by atoms with Crippen LogP contribution in [0.15, 0.2) is 83.3 Å². The lowest BCUT2D eigenvalue weighted by Gasteiger charge is -2.33. The smallest absolute Gasteiger partial charge is 0.244 e. The van der Waals surface area contributed by atoms with Crippen LogP contribution in [0.3, 0.4) is 0 Å². The number of sulfonamides is 1. The first-order valence-corrected chi connectivity index (χ1v) is 15.0. The maximum absolute atomic E-state index is 13.9. The van der Waals surface area contributed by atoms with Crippen LogP contribution in [-0.4, -0.2) is 51.0 Å². The van der Waals surface area contributed by atoms with Crippen molar-refractivity contribution >= 4 is 43.5 Å². The number of amides is 2. The number of carbonyl (C=O) groups excluding carboxylic acids is 2. The lowest BCUT2D eigenvalue weighted by Crippen LogP contribution is -2.52. The maximum Gasteiger partial charge on any atom is 0.244 e. The largest absolute Gasteiger partial charge is 0.357 e. The molecule has 0 heterocycles. The summed E-state index contributed by atoms with van der Waals surface area (Å²) in [5.41, 5.74) is 3.15. The number of nitrogens with one attached hydrogen (secondary N) is 1. The van der Waals surface area contributed by atoms with E-state index in [1.807, 2.05) is 66.7 Å². The van der Waals surface area contributed by atoms with Gasteiger partial charge in [0.15, 0.2) is 0 Å². The number of carbonyl (C=O) groups is 2. The molecule has 0 bridgehead atoms. The Bertz CT molecular complexity index is 1350. The van der Waals surface area contributed by atoms with Crippen LogP contribution in [0, 0.1) is 0 Å². The quantitative estimate of drug-likeness (QED) is 0.345. The lowest BCUT2D eigenvalue weighted by molar-refractivity contribution is -0.139. The van der Waals surface area contributed by atoms with Crippen LogP contribution in [-0.2, 0) is 32.6 Å². The minimum absolute atomic E-state index is 0.132. The van der Waals surface area contributed by atoms with Crippen molar-refractivity contribution in [2.24, 2.45) is 0 Å². The fourth-order valence-electron chi connectivity index (χ4n) is 4.19. The minimum atomic E-state index is -3.79. The molecule has 1 atom stereocenters. The van der Waals surface area contributed by atoms with Crippen molar-refractivity contribution in [1.29, 1.82) is 0 Å². The highest BCUT2D eigenvalue weighted by Crippen LogP contribution is 2.24. The van der Waals surface area contributed by atoms with E-state index in [-0.39, 0.29) is 24.8 Å². The van der Waals surface area contributed by atoms with Crippen molar-refractivity contribution in [1.82, 2.24) is 10.2 Å². The summed E-state index contributed by atoms with van der Waals surface area (Å²) < 4.78 is 27.6. The molecule has 9 heteroatoms. The molecule has 0 saturated heterocycles. The SMILES string of the molecule is CNC(=O)[C@H](Cc1ccccc1)N(Cc1cccc(Br)c1)C(=O)CN(c1ccc(C(C)C)cc1)S(C)(=O)=O. The van der Waals surface area contributed by atoms with Crippen LogP contribution in [0.25, 0.3) is 0 Å². The average molecular weight is 601 g/mol. The Morgan fingerprint density at radius 3 is 2.11 bits per heavy atom. The third kappa shape index (κ3) is 7.91. The second-order valence-corrected chi connectivity index (χ2v) is 12.3. The Labute approximate surface area is 234 Å². The van der Waals surface area contributed by atoms with Crippen molar-refractivity contribution in [2.45, 2.75) is 38.8 Å². The zero-order chi connectivity index (χ0) is 27.9. The summed E-state index contributed by atoms with van der Waals surface area (Å²) in [5, 5.41) is 2.68. The van der Waals surface area contributed by atoms with Gasteiger partial charge in [-0.25, -0.2) is 8.42 Å². The highest BCUT2D eigenvalue weighted by molar-refractivity contribution is 9.10. The fraction of sp³-hybridized carbons (Fsp3) is 0.310. The first-order valence-electron chi connectivity index (χ1n) is 12.4. The van der Waals surface area contributed by atoms with Crippen molar-refractivity contribution in [3.05, 3.63) is 100 Å². The van der Waals surface area contributed by atoms with E-state index in [4.69, 9.17) is 0 Å². The molecule has 0 aliphatic heterocycles. The van der Waals surface area contributed by atoms with Crippen molar-refractivity contribution in [3.8, 4) is 0 Å². The standard InChI is InChI=1S/C29H34BrN3O4S/c1-21(2)24-13-15-26(16-14-24)33(38(4,36)37)20-28(34)32(19-23-11-8-12-25(30)17-23)27(29(35)31-3)18-22-9-6-5-7-10-22/h5-17,21,27H,18-20H2,1-4H3,(H,31,35)/t27-/m0/s1. The Balaban J connectivity index is 2.01. The van der Waals surface area contributed by atoms with Gasteiger partial charge in [0, 0.05) is 24.5 Å². The molecule has 202 valence electrons. The highest BCUT2D eigenvalue weighted by Gasteiger charge is 2.32. The van der Waals surface area contributed by atoms with Gasteiger partial charge in [0.1, 0.15) is 12.6 Å². The van der Waals surface area contributed by atoms with Gasteiger partial charge >= 0.3 is 0 Å². The number of benzene rings is 3. The number of nitrogens with zero attached hydrogens (tertiary/aromatic N) is 2. The molecule has 3 aromatic carbocycles. The summed E-state index contributed by atoms with van der Waals surface area (Å²) in [4.78, 5) is 28.5. The number of rotatable bonds is 11. The Kier molecular flexibility index (Phi) is 10.1. The molecule has 0 aromatic heterocycles. The van der Waals surface area contributed by atoms with Crippen molar-refractivity contribution < 1.29 is 18.0 Å². The van der Waals surface area contributed by atoms with E-state index in [1.165, 1.54) is 11.9 Å². The van der Waals surface area contributed by atoms with Gasteiger partial charge in [-0.2, -0.15) is 0 Å². The van der Waals surface area contributed by atoms with Crippen LogP contribution >= 0.6 is 15.9 Å². The van der Waals surface area contributed by atoms with Crippen LogP contribution in [0.4, 0.5) is 5.69 Å². The lowest BCUT2D eigenvalue weighted by atomic mass is 10.0. The van der Waals surface area contributed by atoms with Crippen molar-refractivity contribution in [2.75, 3.05) is 24.2 Å². The monoisotopic (exact) mass is 599 g/mol. The average Bonchev–Trinajstić information content (AvgIpc) is 2.88. The van der Waals surface area contributed by atoms with Gasteiger partial charge in [0.2, 0.25) is 21.8 Å². The molecular formula is C29H34BrN3O4S. The normalized spacial score (nSPS) is 12.2. The van der Waals surface area contributed by atoms with Gasteiger partial charge in [-0.3, -0.25) is 13.9 Å². The third-order valence-electron chi connectivity index (χ3n) is 6.29. The van der Waals surface area contributed by atoms with Crippen LogP contribution < -0.4 is 9.62 Å². The van der Waals surface area contributed by atoms with E-state index >= 15 is 0 Å². The Morgan fingerprint density at radius 1 is 0.921 bits per heavy atom. The van der Waals surface area contributed by atoms with Gasteiger partial charge in [0.25, 0.3) is 0 Å². The predicted molar refractivity (Wildman–Crippen MR) is 155 cm³/mol. The summed E-state index contributed by atoms with van der Waals surface area (Å²) in [5.74, 6) is -0.526. The third-order valence-corrected chi connectivity index (χ3v) is 7.92. The summed E-state index contributed by atoms with van der Waals surface area (Å²) in [7, 11) is -2.26. The van der Waals surface area contributed by atoms with E-state index in [0.717, 1.165) is 31.7 Å². The number of likely N-dealkylation sites (N-methyl/N-ethyl adjacent to an activating group) is 1. The van der Waals surface area contributed by atoms with Gasteiger partial charge < -0.3 is 10.2 Å². The fourth-order valence-corrected chi connectivity index (χ4v) is 5.49. The number of anilines is 1. The van der Waals surface area contributed by atoms with Crippen molar-refractivity contribution in [3.63, 3.8) is 0 Å². The predicted octanol–water partition coefficient (Wildman–Crippen LogP) is 4.72. The molecule has 1 N–H and O–H groups in total. The molecule has 38 heavy (non-hydrogen) atoms. The molecule has 3 aromatic rings. The number of hydrogen-bond acceptors (Lipinski definition) is 4. The zero-order valence-electron chi connectivity index (χ0n) is 22.1. The molecular weight excluding hydrogens is 566 g/mol. The molecule has 0 saturated carbocycles. The Morgan fingerprint density at radius 2 is 1.55 bits per heavy atom. The summed E-state index contributed by atoms with van der Waals surface area (Å²) in [6.07, 6.45) is 1.36. The molecule has 0 aliphatic carbocycles. The highest BCUT2D eigenvalue weighted by atomic mass is 79.9. The molecule has 0 aliphatic rings. The van der Waals surface area contributed by atoms with Crippen LogP contribution in [0.1, 0.15) is 36.5 Å². The summed E-state index contributed by atoms with van der Waals surface area (Å²) in [6, 6.07) is 23.2. The van der Waals surface area contributed by atoms with Crippen LogP contribution in [0.5, 0.6) is 0 Å². The Hall–Kier alpha value is -3.17. The molecule has 0 spiro atoms.